The summed E-state index contributed by atoms with van der Waals surface area (Å²) in [7, 11) is -0.804. The summed E-state index contributed by atoms with van der Waals surface area (Å²) in [5.41, 5.74) is -1.55. The fraction of sp³-hybridized carbons (Fsp3) is 0.727. The van der Waals surface area contributed by atoms with Crippen LogP contribution in [0.25, 0.3) is 0 Å². The van der Waals surface area contributed by atoms with Gasteiger partial charge in [-0.1, -0.05) is 6.58 Å². The molecule has 1 atom stereocenters. The van der Waals surface area contributed by atoms with Crippen molar-refractivity contribution in [3.05, 3.63) is 12.2 Å². The van der Waals surface area contributed by atoms with Crippen molar-refractivity contribution in [2.24, 2.45) is 0 Å². The van der Waals surface area contributed by atoms with Gasteiger partial charge in [-0.15, -0.1) is 0 Å². The first-order valence-corrected chi connectivity index (χ1v) is 7.30. The zero-order chi connectivity index (χ0) is 15.2. The summed E-state index contributed by atoms with van der Waals surface area (Å²) in [4.78, 5) is 15.1. The summed E-state index contributed by atoms with van der Waals surface area (Å²) >= 11 is 0. The van der Waals surface area contributed by atoms with Crippen LogP contribution in [0.5, 0.6) is 0 Å². The van der Waals surface area contributed by atoms with Gasteiger partial charge in [-0.3, -0.25) is 9.35 Å². The molecule has 0 saturated heterocycles. The third kappa shape index (κ3) is 7.26. The van der Waals surface area contributed by atoms with Crippen molar-refractivity contribution in [1.82, 2.24) is 9.80 Å². The molecule has 0 heterocycles. The Hall–Kier alpha value is -0.960. The molecule has 0 bridgehead atoms. The molecule has 0 fully saturated rings. The van der Waals surface area contributed by atoms with Gasteiger partial charge in [-0.25, -0.2) is 0 Å². The van der Waals surface area contributed by atoms with E-state index in [2.05, 4.69) is 6.58 Å². The maximum atomic E-state index is 11.8. The summed E-state index contributed by atoms with van der Waals surface area (Å²) in [6.07, 6.45) is -0.245. The highest BCUT2D eigenvalue weighted by molar-refractivity contribution is 7.86. The molecule has 2 N–H and O–H groups in total. The number of rotatable bonds is 8. The van der Waals surface area contributed by atoms with E-state index in [1.54, 1.807) is 6.92 Å². The van der Waals surface area contributed by atoms with Crippen molar-refractivity contribution in [2.45, 2.75) is 18.8 Å². The molecule has 0 aliphatic rings. The summed E-state index contributed by atoms with van der Waals surface area (Å²) in [5, 5.41) is 9.22. The van der Waals surface area contributed by atoms with Gasteiger partial charge in [0.25, 0.3) is 10.1 Å². The highest BCUT2D eigenvalue weighted by Gasteiger charge is 2.22. The molecule has 0 saturated carbocycles. The van der Waals surface area contributed by atoms with E-state index < -0.39 is 15.6 Å². The predicted molar refractivity (Wildman–Crippen MR) is 72.1 cm³/mol. The maximum Gasteiger partial charge on any atom is 0.292 e. The molecule has 0 aliphatic heterocycles. The quantitative estimate of drug-likeness (QED) is 0.465. The Bertz CT molecular complexity index is 419. The molecule has 0 aromatic carbocycles. The summed E-state index contributed by atoms with van der Waals surface area (Å²) in [6, 6.07) is 0. The van der Waals surface area contributed by atoms with Gasteiger partial charge in [0.15, 0.2) is 5.44 Å². The average molecular weight is 294 g/mol. The van der Waals surface area contributed by atoms with E-state index in [4.69, 9.17) is 4.55 Å². The lowest BCUT2D eigenvalue weighted by Gasteiger charge is -2.25. The van der Waals surface area contributed by atoms with Crippen molar-refractivity contribution in [2.75, 3.05) is 33.7 Å². The molecule has 0 aromatic rings. The van der Waals surface area contributed by atoms with Gasteiger partial charge < -0.3 is 14.9 Å². The Morgan fingerprint density at radius 1 is 1.26 bits per heavy atom. The summed E-state index contributed by atoms with van der Waals surface area (Å²) in [6.45, 7) is 6.12. The molecular weight excluding hydrogens is 272 g/mol. The van der Waals surface area contributed by atoms with Crippen LogP contribution in [0.1, 0.15) is 13.3 Å². The third-order valence-electron chi connectivity index (χ3n) is 2.46. The zero-order valence-corrected chi connectivity index (χ0v) is 12.4. The van der Waals surface area contributed by atoms with E-state index in [0.29, 0.717) is 18.7 Å². The summed E-state index contributed by atoms with van der Waals surface area (Å²) < 4.78 is 30.0. The fourth-order valence-corrected chi connectivity index (χ4v) is 1.72. The zero-order valence-electron chi connectivity index (χ0n) is 11.5. The van der Waals surface area contributed by atoms with Crippen LogP contribution in [-0.4, -0.2) is 72.9 Å². The first-order chi connectivity index (χ1) is 8.55. The van der Waals surface area contributed by atoms with Crippen LogP contribution < -0.4 is 0 Å². The average Bonchev–Trinajstić information content (AvgIpc) is 2.26. The van der Waals surface area contributed by atoms with E-state index >= 15 is 0 Å². The topological polar surface area (TPSA) is 98.2 Å². The molecule has 0 radical (unpaired) electrons. The van der Waals surface area contributed by atoms with Gasteiger partial charge in [-0.2, -0.15) is 8.42 Å². The highest BCUT2D eigenvalue weighted by Crippen LogP contribution is 2.05. The van der Waals surface area contributed by atoms with Gasteiger partial charge in [0, 0.05) is 31.6 Å². The van der Waals surface area contributed by atoms with Crippen LogP contribution in [0.15, 0.2) is 12.2 Å². The number of hydrogen-bond donors (Lipinski definition) is 2. The Balaban J connectivity index is 4.59. The van der Waals surface area contributed by atoms with Gasteiger partial charge in [0.05, 0.1) is 0 Å². The van der Waals surface area contributed by atoms with Crippen LogP contribution in [0.3, 0.4) is 0 Å². The first kappa shape index (κ1) is 18.0. The molecule has 0 rings (SSSR count). The van der Waals surface area contributed by atoms with E-state index in [0.717, 1.165) is 0 Å². The van der Waals surface area contributed by atoms with Gasteiger partial charge in [0.1, 0.15) is 0 Å². The minimum Gasteiger partial charge on any atom is -0.375 e. The number of likely N-dealkylation sites (N-methyl/N-ethyl adjacent to an activating group) is 1. The second-order valence-corrected chi connectivity index (χ2v) is 6.21. The Labute approximate surface area is 114 Å². The molecule has 19 heavy (non-hydrogen) atoms. The normalized spacial score (nSPS) is 13.4. The SMILES string of the molecule is C=C(C)C(=O)N(CCC(O)S(=O)(=O)O)CCN(C)C. The molecule has 7 nitrogen and oxygen atoms in total. The lowest BCUT2D eigenvalue weighted by Crippen LogP contribution is -2.39. The van der Waals surface area contributed by atoms with Crippen LogP contribution in [0.4, 0.5) is 0 Å². The largest absolute Gasteiger partial charge is 0.375 e. The smallest absolute Gasteiger partial charge is 0.292 e. The Morgan fingerprint density at radius 3 is 2.16 bits per heavy atom. The van der Waals surface area contributed by atoms with E-state index in [-0.39, 0.29) is 18.9 Å². The predicted octanol–water partition coefficient (Wildman–Crippen LogP) is -0.451. The van der Waals surface area contributed by atoms with Gasteiger partial charge in [0.2, 0.25) is 5.91 Å². The molecule has 112 valence electrons. The van der Waals surface area contributed by atoms with Crippen LogP contribution in [0, 0.1) is 0 Å². The molecule has 8 heteroatoms. The van der Waals surface area contributed by atoms with Crippen LogP contribution in [-0.2, 0) is 14.9 Å². The molecular formula is C11H22N2O5S. The van der Waals surface area contributed by atoms with Crippen molar-refractivity contribution < 1.29 is 22.9 Å². The van der Waals surface area contributed by atoms with E-state index in [9.17, 15) is 18.3 Å². The lowest BCUT2D eigenvalue weighted by molar-refractivity contribution is -0.127. The number of amides is 1. The fourth-order valence-electron chi connectivity index (χ4n) is 1.32. The Morgan fingerprint density at radius 2 is 1.79 bits per heavy atom. The van der Waals surface area contributed by atoms with Crippen molar-refractivity contribution in [1.29, 1.82) is 0 Å². The molecule has 1 amide bonds. The van der Waals surface area contributed by atoms with Crippen molar-refractivity contribution in [3.63, 3.8) is 0 Å². The number of hydrogen-bond acceptors (Lipinski definition) is 5. The second-order valence-electron chi connectivity index (χ2n) is 4.63. The van der Waals surface area contributed by atoms with Gasteiger partial charge in [-0.05, 0) is 21.0 Å². The molecule has 0 aliphatic carbocycles. The number of aliphatic hydroxyl groups is 1. The number of aliphatic hydroxyl groups excluding tert-OH is 1. The number of nitrogens with zero attached hydrogens (tertiary/aromatic N) is 2. The second kappa shape index (κ2) is 7.59. The molecule has 1 unspecified atom stereocenters. The lowest BCUT2D eigenvalue weighted by atomic mass is 10.2. The first-order valence-electron chi connectivity index (χ1n) is 5.79. The minimum atomic E-state index is -4.49. The van der Waals surface area contributed by atoms with E-state index in [1.165, 1.54) is 4.90 Å². The minimum absolute atomic E-state index is 0.0283. The Kier molecular flexibility index (Phi) is 7.20. The number of carbonyl (C=O) groups excluding carboxylic acids is 1. The standard InChI is InChI=1S/C11H22N2O5S/c1-9(2)11(15)13(8-7-12(3)4)6-5-10(14)19(16,17)18/h10,14H,1,5-8H2,2-4H3,(H,16,17,18). The highest BCUT2D eigenvalue weighted by atomic mass is 32.2. The summed E-state index contributed by atoms with van der Waals surface area (Å²) in [5.74, 6) is -0.301. The molecule has 0 aromatic heterocycles. The van der Waals surface area contributed by atoms with Crippen LogP contribution in [0.2, 0.25) is 0 Å². The van der Waals surface area contributed by atoms with Gasteiger partial charge >= 0.3 is 0 Å². The van der Waals surface area contributed by atoms with E-state index in [1.807, 2.05) is 19.0 Å². The van der Waals surface area contributed by atoms with Crippen LogP contribution >= 0.6 is 0 Å². The number of carbonyl (C=O) groups is 1. The maximum absolute atomic E-state index is 11.8. The third-order valence-corrected chi connectivity index (χ3v) is 3.38. The monoisotopic (exact) mass is 294 g/mol. The molecule has 0 spiro atoms. The van der Waals surface area contributed by atoms with Crippen molar-refractivity contribution in [3.8, 4) is 0 Å². The van der Waals surface area contributed by atoms with Crippen molar-refractivity contribution >= 4 is 16.0 Å².